The van der Waals surface area contributed by atoms with Crippen LogP contribution >= 0.6 is 47.8 Å². The van der Waals surface area contributed by atoms with E-state index < -0.39 is 36.4 Å². The SMILES string of the molecule is Cc1cc(NC(=O)COC(=O)[C@H](C)N2C(=O)[C@@H]3[C@H]4C[C@@H]([C@H](Br)[C@H]4Br)[C@@H]3C2=O)c(C)cc1Br. The van der Waals surface area contributed by atoms with Gasteiger partial charge in [-0.25, -0.2) is 4.79 Å². The molecule has 0 unspecified atom stereocenters. The summed E-state index contributed by atoms with van der Waals surface area (Å²) >= 11 is 10.7. The number of carbonyl (C=O) groups is 4. The molecule has 1 aliphatic heterocycles. The fourth-order valence-corrected chi connectivity index (χ4v) is 7.55. The number of likely N-dealkylation sites (tertiary alicyclic amines) is 1. The van der Waals surface area contributed by atoms with Crippen LogP contribution in [0.1, 0.15) is 24.5 Å². The first-order valence-corrected chi connectivity index (χ1v) is 13.0. The van der Waals surface area contributed by atoms with Gasteiger partial charge in [0, 0.05) is 19.8 Å². The number of fused-ring (bicyclic) bond motifs is 5. The lowest BCUT2D eigenvalue weighted by molar-refractivity contribution is -0.159. The first-order valence-electron chi connectivity index (χ1n) is 10.4. The zero-order valence-electron chi connectivity index (χ0n) is 17.7. The number of halogens is 3. The van der Waals surface area contributed by atoms with Crippen molar-refractivity contribution in [1.29, 1.82) is 0 Å². The summed E-state index contributed by atoms with van der Waals surface area (Å²) in [6, 6.07) is 2.64. The highest BCUT2D eigenvalue weighted by Gasteiger charge is 2.67. The maximum atomic E-state index is 13.0. The highest BCUT2D eigenvalue weighted by Crippen LogP contribution is 2.60. The maximum Gasteiger partial charge on any atom is 0.329 e. The molecule has 2 aliphatic carbocycles. The molecule has 1 saturated heterocycles. The van der Waals surface area contributed by atoms with E-state index in [2.05, 4.69) is 53.1 Å². The largest absolute Gasteiger partial charge is 0.454 e. The molecule has 1 heterocycles. The number of hydrogen-bond acceptors (Lipinski definition) is 5. The Morgan fingerprint density at radius 1 is 1.09 bits per heavy atom. The van der Waals surface area contributed by atoms with Crippen molar-refractivity contribution >= 4 is 77.2 Å². The van der Waals surface area contributed by atoms with Crippen LogP contribution in [0, 0.1) is 37.5 Å². The number of nitrogens with one attached hydrogen (secondary N) is 1. The quantitative estimate of drug-likeness (QED) is 0.303. The number of carbonyl (C=O) groups excluding carboxylic acids is 4. The molecule has 10 heteroatoms. The van der Waals surface area contributed by atoms with Gasteiger partial charge in [0.25, 0.3) is 5.91 Å². The van der Waals surface area contributed by atoms with Crippen molar-refractivity contribution in [2.24, 2.45) is 23.7 Å². The van der Waals surface area contributed by atoms with Crippen molar-refractivity contribution in [2.45, 2.75) is 42.9 Å². The number of alkyl halides is 2. The minimum atomic E-state index is -1.08. The van der Waals surface area contributed by atoms with Gasteiger partial charge >= 0.3 is 5.97 Å². The first-order chi connectivity index (χ1) is 15.0. The van der Waals surface area contributed by atoms with E-state index in [9.17, 15) is 19.2 Å². The second-order valence-electron chi connectivity index (χ2n) is 8.80. The number of esters is 1. The average Bonchev–Trinajstić information content (AvgIpc) is 3.34. The molecular weight excluding hydrogens is 612 g/mol. The summed E-state index contributed by atoms with van der Waals surface area (Å²) in [6.07, 6.45) is 0.820. The Hall–Kier alpha value is -1.26. The Bertz CT molecular complexity index is 984. The molecular formula is C22H23Br3N2O5. The normalized spacial score (nSPS) is 31.6. The maximum absolute atomic E-state index is 13.0. The number of rotatable bonds is 5. The standard InChI is InChI=1S/C22H23Br3N2O5/c1-8-5-14(9(2)4-13(8)23)26-15(28)7-32-22(31)10(3)27-20(29)16-11-6-12(17(16)21(27)30)19(25)18(11)24/h4-5,10-12,16-19H,6-7H2,1-3H3,(H,26,28)/t10-,11+,12+,16-,17+,18-,19-/m0/s1. The van der Waals surface area contributed by atoms with Gasteiger partial charge in [0.15, 0.2) is 6.61 Å². The molecule has 1 aromatic carbocycles. The predicted molar refractivity (Wildman–Crippen MR) is 129 cm³/mol. The van der Waals surface area contributed by atoms with Crippen LogP contribution in [0.15, 0.2) is 16.6 Å². The summed E-state index contributed by atoms with van der Waals surface area (Å²) in [6.45, 7) is 4.73. The zero-order chi connectivity index (χ0) is 23.5. The number of aryl methyl sites for hydroxylation is 2. The van der Waals surface area contributed by atoms with Crippen molar-refractivity contribution in [3.63, 3.8) is 0 Å². The van der Waals surface area contributed by atoms with Crippen molar-refractivity contribution < 1.29 is 23.9 Å². The van der Waals surface area contributed by atoms with Crippen LogP contribution in [0.2, 0.25) is 0 Å². The summed E-state index contributed by atoms with van der Waals surface area (Å²) in [5.74, 6) is -2.54. The number of benzene rings is 1. The van der Waals surface area contributed by atoms with Gasteiger partial charge in [-0.3, -0.25) is 19.3 Å². The fraction of sp³-hybridized carbons (Fsp3) is 0.545. The molecule has 172 valence electrons. The van der Waals surface area contributed by atoms with Crippen molar-refractivity contribution in [3.05, 3.63) is 27.7 Å². The van der Waals surface area contributed by atoms with Crippen LogP contribution < -0.4 is 5.32 Å². The van der Waals surface area contributed by atoms with Crippen LogP contribution in [0.3, 0.4) is 0 Å². The highest BCUT2D eigenvalue weighted by atomic mass is 79.9. The average molecular weight is 635 g/mol. The molecule has 7 atom stereocenters. The summed E-state index contributed by atoms with van der Waals surface area (Å²) in [7, 11) is 0. The summed E-state index contributed by atoms with van der Waals surface area (Å²) in [5.41, 5.74) is 2.44. The van der Waals surface area contributed by atoms with E-state index in [1.54, 1.807) is 0 Å². The number of amides is 3. The van der Waals surface area contributed by atoms with E-state index in [4.69, 9.17) is 4.74 Å². The molecule has 1 N–H and O–H groups in total. The van der Waals surface area contributed by atoms with Crippen LogP contribution in [-0.4, -0.2) is 50.9 Å². The minimum Gasteiger partial charge on any atom is -0.454 e. The number of hydrogen-bond donors (Lipinski definition) is 1. The van der Waals surface area contributed by atoms with Gasteiger partial charge in [-0.15, -0.1) is 0 Å². The van der Waals surface area contributed by atoms with Gasteiger partial charge in [0.05, 0.1) is 11.8 Å². The predicted octanol–water partition coefficient (Wildman–Crippen LogP) is 3.71. The molecule has 3 fully saturated rings. The van der Waals surface area contributed by atoms with E-state index in [-0.39, 0.29) is 33.3 Å². The highest BCUT2D eigenvalue weighted by molar-refractivity contribution is 9.12. The summed E-state index contributed by atoms with van der Waals surface area (Å²) in [4.78, 5) is 52.3. The summed E-state index contributed by atoms with van der Waals surface area (Å²) in [5, 5.41) is 2.73. The number of imide groups is 1. The van der Waals surface area contributed by atoms with Gasteiger partial charge < -0.3 is 10.1 Å². The lowest BCUT2D eigenvalue weighted by atomic mass is 9.81. The van der Waals surface area contributed by atoms with E-state index >= 15 is 0 Å². The molecule has 4 rings (SSSR count). The van der Waals surface area contributed by atoms with Gasteiger partial charge in [0.1, 0.15) is 6.04 Å². The minimum absolute atomic E-state index is 0.0717. The fourth-order valence-electron chi connectivity index (χ4n) is 5.22. The van der Waals surface area contributed by atoms with Crippen molar-refractivity contribution in [2.75, 3.05) is 11.9 Å². The molecule has 0 radical (unpaired) electrons. The van der Waals surface area contributed by atoms with Crippen molar-refractivity contribution in [3.8, 4) is 0 Å². The molecule has 1 aromatic rings. The first kappa shape index (κ1) is 23.9. The Kier molecular flexibility index (Phi) is 6.59. The Morgan fingerprint density at radius 3 is 2.22 bits per heavy atom. The van der Waals surface area contributed by atoms with Gasteiger partial charge in [0.2, 0.25) is 11.8 Å². The third-order valence-electron chi connectivity index (χ3n) is 6.87. The van der Waals surface area contributed by atoms with Crippen LogP contribution in [0.25, 0.3) is 0 Å². The van der Waals surface area contributed by atoms with E-state index in [0.717, 1.165) is 26.9 Å². The molecule has 2 saturated carbocycles. The smallest absolute Gasteiger partial charge is 0.329 e. The molecule has 3 aliphatic rings. The van der Waals surface area contributed by atoms with E-state index in [1.807, 2.05) is 26.0 Å². The molecule has 0 spiro atoms. The molecule has 0 aromatic heterocycles. The number of nitrogens with zero attached hydrogens (tertiary/aromatic N) is 1. The third kappa shape index (κ3) is 3.86. The lowest BCUT2D eigenvalue weighted by Gasteiger charge is -2.28. The molecule has 2 bridgehead atoms. The monoisotopic (exact) mass is 632 g/mol. The van der Waals surface area contributed by atoms with Gasteiger partial charge in [-0.1, -0.05) is 47.8 Å². The second kappa shape index (κ2) is 8.83. The van der Waals surface area contributed by atoms with Gasteiger partial charge in [-0.05, 0) is 62.3 Å². The molecule has 7 nitrogen and oxygen atoms in total. The van der Waals surface area contributed by atoms with Crippen LogP contribution in [-0.2, 0) is 23.9 Å². The lowest BCUT2D eigenvalue weighted by Crippen LogP contribution is -2.45. The summed E-state index contributed by atoms with van der Waals surface area (Å²) < 4.78 is 6.08. The van der Waals surface area contributed by atoms with Crippen molar-refractivity contribution in [1.82, 2.24) is 4.90 Å². The van der Waals surface area contributed by atoms with Crippen LogP contribution in [0.4, 0.5) is 5.69 Å². The molecule has 3 amide bonds. The molecule has 32 heavy (non-hydrogen) atoms. The Labute approximate surface area is 211 Å². The topological polar surface area (TPSA) is 92.8 Å². The second-order valence-corrected chi connectivity index (χ2v) is 11.8. The zero-order valence-corrected chi connectivity index (χ0v) is 22.5. The van der Waals surface area contributed by atoms with Crippen LogP contribution in [0.5, 0.6) is 0 Å². The van der Waals surface area contributed by atoms with E-state index in [0.29, 0.717) is 5.69 Å². The third-order valence-corrected chi connectivity index (χ3v) is 10.9. The van der Waals surface area contributed by atoms with Gasteiger partial charge in [-0.2, -0.15) is 0 Å². The number of anilines is 1. The Balaban J connectivity index is 1.37. The Morgan fingerprint density at radius 2 is 1.66 bits per heavy atom. The van der Waals surface area contributed by atoms with E-state index in [1.165, 1.54) is 6.92 Å². The number of ether oxygens (including phenoxy) is 1.